The number of hydrogen-bond donors (Lipinski definition) is 0. The Morgan fingerprint density at radius 1 is 1.13 bits per heavy atom. The molecule has 4 heteroatoms. The van der Waals surface area contributed by atoms with Gasteiger partial charge in [0.25, 0.3) is 0 Å². The van der Waals surface area contributed by atoms with Gasteiger partial charge in [-0.25, -0.2) is 4.98 Å². The number of nitrogens with zero attached hydrogens (tertiary/aromatic N) is 4. The summed E-state index contributed by atoms with van der Waals surface area (Å²) in [6.07, 6.45) is 5.15. The maximum absolute atomic E-state index is 4.30. The van der Waals surface area contributed by atoms with Gasteiger partial charge in [0, 0.05) is 56.8 Å². The average Bonchev–Trinajstić information content (AvgIpc) is 2.98. The molecule has 3 rings (SSSR count). The van der Waals surface area contributed by atoms with Gasteiger partial charge in [-0.2, -0.15) is 0 Å². The van der Waals surface area contributed by atoms with Crippen molar-refractivity contribution in [1.82, 2.24) is 14.5 Å². The number of anilines is 1. The van der Waals surface area contributed by atoms with E-state index in [1.807, 2.05) is 6.20 Å². The molecule has 0 bridgehead atoms. The molecule has 2 aromatic rings. The highest BCUT2D eigenvalue weighted by Crippen LogP contribution is 2.19. The molecule has 0 spiro atoms. The quantitative estimate of drug-likeness (QED) is 0.848. The fourth-order valence-corrected chi connectivity index (χ4v) is 3.39. The summed E-state index contributed by atoms with van der Waals surface area (Å²) in [7, 11) is 0. The third-order valence-corrected chi connectivity index (χ3v) is 5.02. The molecule has 1 aromatic carbocycles. The molecule has 1 fully saturated rings. The Labute approximate surface area is 139 Å². The SMILES string of the molecule is Cc1cccc(N2CCN([C@@H](C)CCn3ccnc3C)CC2)c1. The Morgan fingerprint density at radius 2 is 1.91 bits per heavy atom. The molecular weight excluding hydrogens is 284 g/mol. The van der Waals surface area contributed by atoms with E-state index in [-0.39, 0.29) is 0 Å². The van der Waals surface area contributed by atoms with Crippen LogP contribution in [0, 0.1) is 13.8 Å². The summed E-state index contributed by atoms with van der Waals surface area (Å²) >= 11 is 0. The van der Waals surface area contributed by atoms with E-state index in [9.17, 15) is 0 Å². The summed E-state index contributed by atoms with van der Waals surface area (Å²) in [5.74, 6) is 1.11. The second-order valence-corrected chi connectivity index (χ2v) is 6.67. The predicted octanol–water partition coefficient (Wildman–Crippen LogP) is 3.10. The Kier molecular flexibility index (Phi) is 5.01. The van der Waals surface area contributed by atoms with Gasteiger partial charge < -0.3 is 9.47 Å². The minimum Gasteiger partial charge on any atom is -0.369 e. The number of piperazine rings is 1. The molecule has 0 unspecified atom stereocenters. The summed E-state index contributed by atoms with van der Waals surface area (Å²) in [4.78, 5) is 9.43. The van der Waals surface area contributed by atoms with Gasteiger partial charge in [0.2, 0.25) is 0 Å². The van der Waals surface area contributed by atoms with E-state index < -0.39 is 0 Å². The highest BCUT2D eigenvalue weighted by atomic mass is 15.3. The number of imidazole rings is 1. The molecule has 1 aliphatic heterocycles. The third-order valence-electron chi connectivity index (χ3n) is 5.02. The lowest BCUT2D eigenvalue weighted by atomic mass is 10.1. The average molecular weight is 312 g/mol. The number of aromatic nitrogens is 2. The van der Waals surface area contributed by atoms with E-state index in [1.54, 1.807) is 0 Å². The normalized spacial score (nSPS) is 17.4. The molecule has 1 saturated heterocycles. The van der Waals surface area contributed by atoms with Crippen molar-refractivity contribution in [2.45, 2.75) is 39.8 Å². The molecule has 1 atom stereocenters. The van der Waals surface area contributed by atoms with Crippen LogP contribution in [0.25, 0.3) is 0 Å². The van der Waals surface area contributed by atoms with Gasteiger partial charge in [0.05, 0.1) is 0 Å². The molecule has 1 aromatic heterocycles. The monoisotopic (exact) mass is 312 g/mol. The topological polar surface area (TPSA) is 24.3 Å². The van der Waals surface area contributed by atoms with Crippen molar-refractivity contribution >= 4 is 5.69 Å². The Morgan fingerprint density at radius 3 is 2.57 bits per heavy atom. The van der Waals surface area contributed by atoms with Crippen LogP contribution in [0.3, 0.4) is 0 Å². The fourth-order valence-electron chi connectivity index (χ4n) is 3.39. The molecule has 0 radical (unpaired) electrons. The summed E-state index contributed by atoms with van der Waals surface area (Å²) in [5.41, 5.74) is 2.71. The zero-order valence-corrected chi connectivity index (χ0v) is 14.6. The van der Waals surface area contributed by atoms with Crippen molar-refractivity contribution in [3.63, 3.8) is 0 Å². The number of aryl methyl sites for hydroxylation is 3. The van der Waals surface area contributed by atoms with E-state index in [0.29, 0.717) is 6.04 Å². The van der Waals surface area contributed by atoms with Gasteiger partial charge in [-0.1, -0.05) is 12.1 Å². The Bertz CT molecular complexity index is 626. The van der Waals surface area contributed by atoms with E-state index in [1.165, 1.54) is 17.7 Å². The first-order valence-electron chi connectivity index (χ1n) is 8.67. The van der Waals surface area contributed by atoms with Crippen LogP contribution in [0.4, 0.5) is 5.69 Å². The first-order valence-corrected chi connectivity index (χ1v) is 8.67. The van der Waals surface area contributed by atoms with Crippen LogP contribution < -0.4 is 4.90 Å². The summed E-state index contributed by atoms with van der Waals surface area (Å²) in [5, 5.41) is 0. The van der Waals surface area contributed by atoms with Crippen molar-refractivity contribution in [2.75, 3.05) is 31.1 Å². The molecule has 0 N–H and O–H groups in total. The van der Waals surface area contributed by atoms with Crippen molar-refractivity contribution in [3.05, 3.63) is 48.0 Å². The second kappa shape index (κ2) is 7.18. The van der Waals surface area contributed by atoms with E-state index in [4.69, 9.17) is 0 Å². The predicted molar refractivity (Wildman–Crippen MR) is 96.0 cm³/mol. The first kappa shape index (κ1) is 16.1. The van der Waals surface area contributed by atoms with Crippen LogP contribution in [-0.4, -0.2) is 46.7 Å². The fraction of sp³-hybridized carbons (Fsp3) is 0.526. The summed E-state index contributed by atoms with van der Waals surface area (Å²) < 4.78 is 2.25. The molecule has 1 aliphatic rings. The van der Waals surface area contributed by atoms with Crippen LogP contribution in [0.2, 0.25) is 0 Å². The molecule has 124 valence electrons. The number of hydrogen-bond acceptors (Lipinski definition) is 3. The standard InChI is InChI=1S/C19H28N4/c1-16-5-4-6-19(15-16)23-13-11-21(12-14-23)17(2)7-9-22-10-8-20-18(22)3/h4-6,8,10,15,17H,7,9,11-14H2,1-3H3/t17-/m0/s1. The largest absolute Gasteiger partial charge is 0.369 e. The molecule has 2 heterocycles. The van der Waals surface area contributed by atoms with Gasteiger partial charge >= 0.3 is 0 Å². The maximum Gasteiger partial charge on any atom is 0.105 e. The van der Waals surface area contributed by atoms with Crippen molar-refractivity contribution < 1.29 is 0 Å². The molecule has 4 nitrogen and oxygen atoms in total. The van der Waals surface area contributed by atoms with Gasteiger partial charge in [-0.05, 0) is 44.9 Å². The lowest BCUT2D eigenvalue weighted by Gasteiger charge is -2.39. The van der Waals surface area contributed by atoms with Gasteiger partial charge in [-0.15, -0.1) is 0 Å². The minimum absolute atomic E-state index is 0.622. The van der Waals surface area contributed by atoms with Gasteiger partial charge in [0.15, 0.2) is 0 Å². The zero-order valence-electron chi connectivity index (χ0n) is 14.6. The number of benzene rings is 1. The van der Waals surface area contributed by atoms with Crippen LogP contribution in [0.5, 0.6) is 0 Å². The Balaban J connectivity index is 1.49. The van der Waals surface area contributed by atoms with Crippen LogP contribution >= 0.6 is 0 Å². The number of rotatable bonds is 5. The minimum atomic E-state index is 0.622. The van der Waals surface area contributed by atoms with Crippen molar-refractivity contribution in [1.29, 1.82) is 0 Å². The van der Waals surface area contributed by atoms with Crippen LogP contribution in [0.1, 0.15) is 24.7 Å². The summed E-state index contributed by atoms with van der Waals surface area (Å²) in [6, 6.07) is 9.47. The molecule has 23 heavy (non-hydrogen) atoms. The van der Waals surface area contributed by atoms with E-state index in [0.717, 1.165) is 38.5 Å². The van der Waals surface area contributed by atoms with Crippen molar-refractivity contribution in [3.8, 4) is 0 Å². The molecule has 0 aliphatic carbocycles. The zero-order chi connectivity index (χ0) is 16.2. The van der Waals surface area contributed by atoms with Gasteiger partial charge in [0.1, 0.15) is 5.82 Å². The second-order valence-electron chi connectivity index (χ2n) is 6.67. The van der Waals surface area contributed by atoms with Crippen molar-refractivity contribution in [2.24, 2.45) is 0 Å². The van der Waals surface area contributed by atoms with E-state index >= 15 is 0 Å². The lowest BCUT2D eigenvalue weighted by Crippen LogP contribution is -2.49. The lowest BCUT2D eigenvalue weighted by molar-refractivity contribution is 0.183. The van der Waals surface area contributed by atoms with E-state index in [2.05, 4.69) is 70.6 Å². The first-order chi connectivity index (χ1) is 11.1. The third kappa shape index (κ3) is 3.94. The van der Waals surface area contributed by atoms with Crippen LogP contribution in [-0.2, 0) is 6.54 Å². The molecule has 0 saturated carbocycles. The summed E-state index contributed by atoms with van der Waals surface area (Å²) in [6.45, 7) is 12.2. The highest BCUT2D eigenvalue weighted by molar-refractivity contribution is 5.48. The van der Waals surface area contributed by atoms with Crippen LogP contribution in [0.15, 0.2) is 36.7 Å². The molecule has 0 amide bonds. The maximum atomic E-state index is 4.30. The highest BCUT2D eigenvalue weighted by Gasteiger charge is 2.21. The smallest absolute Gasteiger partial charge is 0.105 e. The van der Waals surface area contributed by atoms with Gasteiger partial charge in [-0.3, -0.25) is 4.90 Å². The Hall–Kier alpha value is -1.81. The molecular formula is C19H28N4.